The average Bonchev–Trinajstić information content (AvgIpc) is 3.55. The first-order valence-electron chi connectivity index (χ1n) is 11.1. The SMILES string of the molecule is O=C(NC(CCCCCNc1ncc[nH]1)(NC(=O)C1CCNO1)C(=O)O)OCc1ccccc1. The maximum atomic E-state index is 12.6. The summed E-state index contributed by atoms with van der Waals surface area (Å²) in [4.78, 5) is 49.6. The highest BCUT2D eigenvalue weighted by Gasteiger charge is 2.43. The molecular weight excluding hydrogens is 444 g/mol. The number of imidazole rings is 1. The second-order valence-electron chi connectivity index (χ2n) is 7.85. The van der Waals surface area contributed by atoms with E-state index < -0.39 is 29.7 Å². The van der Waals surface area contributed by atoms with Crippen molar-refractivity contribution in [1.82, 2.24) is 26.1 Å². The number of carbonyl (C=O) groups excluding carboxylic acids is 2. The number of unbranched alkanes of at least 4 members (excludes halogenated alkanes) is 2. The summed E-state index contributed by atoms with van der Waals surface area (Å²) >= 11 is 0. The fourth-order valence-electron chi connectivity index (χ4n) is 3.45. The molecule has 0 saturated carbocycles. The minimum Gasteiger partial charge on any atom is -0.478 e. The molecule has 2 aromatic rings. The van der Waals surface area contributed by atoms with Gasteiger partial charge in [0.2, 0.25) is 5.66 Å². The van der Waals surface area contributed by atoms with Gasteiger partial charge in [-0.3, -0.25) is 14.9 Å². The van der Waals surface area contributed by atoms with Crippen LogP contribution >= 0.6 is 0 Å². The summed E-state index contributed by atoms with van der Waals surface area (Å²) in [6.45, 7) is 1.06. The quantitative estimate of drug-likeness (QED) is 0.186. The third-order valence-electron chi connectivity index (χ3n) is 5.28. The molecule has 6 N–H and O–H groups in total. The highest BCUT2D eigenvalue weighted by molar-refractivity contribution is 5.91. The molecule has 2 amide bonds. The molecular formula is C22H30N6O6. The van der Waals surface area contributed by atoms with E-state index in [4.69, 9.17) is 9.57 Å². The minimum absolute atomic E-state index is 0.0323. The molecule has 2 atom stereocenters. The third-order valence-corrected chi connectivity index (χ3v) is 5.28. The predicted molar refractivity (Wildman–Crippen MR) is 121 cm³/mol. The third kappa shape index (κ3) is 7.46. The van der Waals surface area contributed by atoms with Crippen molar-refractivity contribution in [3.63, 3.8) is 0 Å². The zero-order valence-electron chi connectivity index (χ0n) is 18.7. The molecule has 12 heteroatoms. The van der Waals surface area contributed by atoms with Gasteiger partial charge >= 0.3 is 12.1 Å². The maximum absolute atomic E-state index is 12.6. The van der Waals surface area contributed by atoms with Crippen LogP contribution in [-0.2, 0) is 25.8 Å². The number of rotatable bonds is 13. The summed E-state index contributed by atoms with van der Waals surface area (Å²) in [5, 5.41) is 18.0. The Morgan fingerprint density at radius 1 is 1.18 bits per heavy atom. The number of aliphatic carboxylic acids is 1. The van der Waals surface area contributed by atoms with Crippen LogP contribution in [0.4, 0.5) is 10.7 Å². The molecule has 1 aliphatic heterocycles. The number of hydrogen-bond acceptors (Lipinski definition) is 8. The zero-order valence-corrected chi connectivity index (χ0v) is 18.7. The van der Waals surface area contributed by atoms with Crippen molar-refractivity contribution >= 4 is 23.9 Å². The van der Waals surface area contributed by atoms with E-state index in [0.717, 1.165) is 12.0 Å². The second-order valence-corrected chi connectivity index (χ2v) is 7.85. The number of alkyl carbamates (subject to hydrolysis) is 1. The molecule has 1 aromatic carbocycles. The van der Waals surface area contributed by atoms with Crippen molar-refractivity contribution in [2.45, 2.75) is 50.5 Å². The normalized spacial score (nSPS) is 16.9. The Bertz CT molecular complexity index is 919. The van der Waals surface area contributed by atoms with E-state index in [0.29, 0.717) is 38.3 Å². The minimum atomic E-state index is -2.04. The predicted octanol–water partition coefficient (Wildman–Crippen LogP) is 1.50. The van der Waals surface area contributed by atoms with Crippen molar-refractivity contribution in [3.05, 3.63) is 48.3 Å². The molecule has 0 radical (unpaired) electrons. The number of carboxylic acids is 1. The first kappa shape index (κ1) is 25.0. The van der Waals surface area contributed by atoms with Crippen LogP contribution in [0.1, 0.15) is 37.7 Å². The van der Waals surface area contributed by atoms with Gasteiger partial charge in [-0.15, -0.1) is 0 Å². The summed E-state index contributed by atoms with van der Waals surface area (Å²) in [6.07, 6.45) is 3.72. The van der Waals surface area contributed by atoms with Gasteiger partial charge in [0.15, 0.2) is 12.1 Å². The zero-order chi connectivity index (χ0) is 24.2. The van der Waals surface area contributed by atoms with Gasteiger partial charge in [-0.1, -0.05) is 36.8 Å². The van der Waals surface area contributed by atoms with Crippen LogP contribution in [0.2, 0.25) is 0 Å². The number of ether oxygens (including phenoxy) is 1. The molecule has 1 saturated heterocycles. The lowest BCUT2D eigenvalue weighted by molar-refractivity contribution is -0.152. The molecule has 0 bridgehead atoms. The van der Waals surface area contributed by atoms with Gasteiger partial charge in [-0.25, -0.2) is 20.1 Å². The van der Waals surface area contributed by atoms with Gasteiger partial charge < -0.3 is 25.5 Å². The molecule has 184 valence electrons. The molecule has 0 spiro atoms. The summed E-state index contributed by atoms with van der Waals surface area (Å²) < 4.78 is 5.20. The van der Waals surface area contributed by atoms with Crippen LogP contribution in [0.5, 0.6) is 0 Å². The Labute approximate surface area is 196 Å². The van der Waals surface area contributed by atoms with Crippen molar-refractivity contribution in [1.29, 1.82) is 0 Å². The number of nitrogens with zero attached hydrogens (tertiary/aromatic N) is 1. The number of hydroxylamine groups is 1. The van der Waals surface area contributed by atoms with Crippen LogP contribution in [0, 0.1) is 0 Å². The fourth-order valence-corrected chi connectivity index (χ4v) is 3.45. The van der Waals surface area contributed by atoms with E-state index in [1.807, 2.05) is 6.07 Å². The summed E-state index contributed by atoms with van der Waals surface area (Å²) in [6, 6.07) is 8.99. The van der Waals surface area contributed by atoms with Gasteiger partial charge in [-0.05, 0) is 24.8 Å². The molecule has 1 fully saturated rings. The number of carbonyl (C=O) groups is 3. The molecule has 2 heterocycles. The van der Waals surface area contributed by atoms with Gasteiger partial charge in [-0.2, -0.15) is 0 Å². The van der Waals surface area contributed by atoms with Crippen molar-refractivity contribution in [2.24, 2.45) is 0 Å². The highest BCUT2D eigenvalue weighted by atomic mass is 16.7. The van der Waals surface area contributed by atoms with E-state index in [9.17, 15) is 19.5 Å². The Morgan fingerprint density at radius 2 is 2.00 bits per heavy atom. The van der Waals surface area contributed by atoms with Gasteiger partial charge in [0.1, 0.15) is 6.61 Å². The lowest BCUT2D eigenvalue weighted by Crippen LogP contribution is -2.66. The Hall–Kier alpha value is -3.64. The summed E-state index contributed by atoms with van der Waals surface area (Å²) in [7, 11) is 0. The lowest BCUT2D eigenvalue weighted by Gasteiger charge is -2.32. The standard InChI is InChI=1S/C22H30N6O6/c29-18(17-9-12-26-34-17)27-22(19(30)31,10-5-2-6-11-23-20-24-13-14-25-20)28-21(32)33-15-16-7-3-1-4-8-16/h1,3-4,7-8,13-14,17,26H,2,5-6,9-12,15H2,(H,27,29)(H,28,32)(H,30,31)(H2,23,24,25). The van der Waals surface area contributed by atoms with Crippen molar-refractivity contribution in [3.8, 4) is 0 Å². The van der Waals surface area contributed by atoms with Crippen molar-refractivity contribution < 1.29 is 29.1 Å². The number of carboxylic acid groups (broad SMARTS) is 1. The number of aromatic amines is 1. The van der Waals surface area contributed by atoms with Crippen LogP contribution in [0.15, 0.2) is 42.7 Å². The molecule has 1 aromatic heterocycles. The van der Waals surface area contributed by atoms with E-state index in [2.05, 4.69) is 31.4 Å². The largest absolute Gasteiger partial charge is 0.478 e. The first-order chi connectivity index (χ1) is 16.5. The maximum Gasteiger partial charge on any atom is 0.409 e. The number of aromatic nitrogens is 2. The van der Waals surface area contributed by atoms with Crippen molar-refractivity contribution in [2.75, 3.05) is 18.4 Å². The number of benzene rings is 1. The monoisotopic (exact) mass is 474 g/mol. The van der Waals surface area contributed by atoms with Gasteiger partial charge in [0.25, 0.3) is 5.91 Å². The van der Waals surface area contributed by atoms with E-state index in [-0.39, 0.29) is 13.0 Å². The molecule has 3 rings (SSSR count). The molecule has 34 heavy (non-hydrogen) atoms. The number of H-pyrrole nitrogens is 1. The molecule has 0 aliphatic carbocycles. The van der Waals surface area contributed by atoms with Crippen LogP contribution < -0.4 is 21.4 Å². The topological polar surface area (TPSA) is 167 Å². The van der Waals surface area contributed by atoms with Gasteiger partial charge in [0.05, 0.1) is 0 Å². The van der Waals surface area contributed by atoms with E-state index in [1.165, 1.54) is 0 Å². The molecule has 1 aliphatic rings. The lowest BCUT2D eigenvalue weighted by atomic mass is 10.0. The Morgan fingerprint density at radius 3 is 2.68 bits per heavy atom. The highest BCUT2D eigenvalue weighted by Crippen LogP contribution is 2.16. The van der Waals surface area contributed by atoms with Crippen LogP contribution in [0.3, 0.4) is 0 Å². The number of nitrogens with one attached hydrogen (secondary N) is 5. The molecule has 2 unspecified atom stereocenters. The fraction of sp³-hybridized carbons (Fsp3) is 0.455. The summed E-state index contributed by atoms with van der Waals surface area (Å²) in [5.41, 5.74) is 1.30. The smallest absolute Gasteiger partial charge is 0.409 e. The van der Waals surface area contributed by atoms with E-state index >= 15 is 0 Å². The van der Waals surface area contributed by atoms with Crippen LogP contribution in [-0.4, -0.2) is 57.9 Å². The second kappa shape index (κ2) is 12.6. The number of hydrogen-bond donors (Lipinski definition) is 6. The van der Waals surface area contributed by atoms with Crippen LogP contribution in [0.25, 0.3) is 0 Å². The van der Waals surface area contributed by atoms with E-state index in [1.54, 1.807) is 36.7 Å². The Kier molecular flexibility index (Phi) is 9.23. The average molecular weight is 475 g/mol. The Balaban J connectivity index is 1.58. The number of amides is 2. The first-order valence-corrected chi connectivity index (χ1v) is 11.1. The number of anilines is 1. The summed E-state index contributed by atoms with van der Waals surface area (Å²) in [5.74, 6) is -1.37. The molecule has 12 nitrogen and oxygen atoms in total. The van der Waals surface area contributed by atoms with Gasteiger partial charge in [0, 0.05) is 31.9 Å².